The van der Waals surface area contributed by atoms with Crippen LogP contribution >= 0.6 is 0 Å². The zero-order valence-electron chi connectivity index (χ0n) is 11.8. The maximum Gasteiger partial charge on any atom is 0.345 e. The van der Waals surface area contributed by atoms with Crippen molar-refractivity contribution in [3.8, 4) is 0 Å². The standard InChI is InChI=1S/C16H16N2O3/c1-2-21-14(20)12-10-17-15(18-13(12)19)16(8-9-16)11-6-4-3-5-7-11/h3-7,10H,2,8-9H2,1H3,(H,17,18,19). The monoisotopic (exact) mass is 284 g/mol. The number of aromatic nitrogens is 2. The van der Waals surface area contributed by atoms with Crippen molar-refractivity contribution in [2.75, 3.05) is 6.61 Å². The normalized spacial score (nSPS) is 15.5. The summed E-state index contributed by atoms with van der Waals surface area (Å²) in [6, 6.07) is 9.97. The van der Waals surface area contributed by atoms with Gasteiger partial charge in [0.25, 0.3) is 5.56 Å². The van der Waals surface area contributed by atoms with E-state index in [4.69, 9.17) is 4.74 Å². The Balaban J connectivity index is 1.97. The van der Waals surface area contributed by atoms with E-state index in [-0.39, 0.29) is 17.6 Å². The first-order chi connectivity index (χ1) is 10.2. The predicted molar refractivity (Wildman–Crippen MR) is 77.3 cm³/mol. The third kappa shape index (κ3) is 2.35. The second-order valence-corrected chi connectivity index (χ2v) is 5.14. The van der Waals surface area contributed by atoms with Crippen LogP contribution in [0.2, 0.25) is 0 Å². The minimum absolute atomic E-state index is 0.0514. The molecule has 3 rings (SSSR count). The van der Waals surface area contributed by atoms with Gasteiger partial charge < -0.3 is 9.72 Å². The highest BCUT2D eigenvalue weighted by molar-refractivity contribution is 5.88. The van der Waals surface area contributed by atoms with Crippen molar-refractivity contribution in [2.45, 2.75) is 25.2 Å². The summed E-state index contributed by atoms with van der Waals surface area (Å²) in [6.45, 7) is 1.93. The molecule has 5 nitrogen and oxygen atoms in total. The molecule has 1 saturated carbocycles. The third-order valence-corrected chi connectivity index (χ3v) is 3.82. The third-order valence-electron chi connectivity index (χ3n) is 3.82. The van der Waals surface area contributed by atoms with Crippen molar-refractivity contribution in [3.63, 3.8) is 0 Å². The zero-order valence-corrected chi connectivity index (χ0v) is 11.8. The minimum atomic E-state index is -0.637. The largest absolute Gasteiger partial charge is 0.462 e. The molecule has 1 aromatic heterocycles. The lowest BCUT2D eigenvalue weighted by molar-refractivity contribution is 0.0523. The van der Waals surface area contributed by atoms with Crippen molar-refractivity contribution in [2.24, 2.45) is 0 Å². The summed E-state index contributed by atoms with van der Waals surface area (Å²) in [5.41, 5.74) is 0.426. The van der Waals surface area contributed by atoms with Crippen molar-refractivity contribution >= 4 is 5.97 Å². The number of carbonyl (C=O) groups is 1. The van der Waals surface area contributed by atoms with Gasteiger partial charge in [-0.05, 0) is 25.3 Å². The second-order valence-electron chi connectivity index (χ2n) is 5.14. The lowest BCUT2D eigenvalue weighted by atomic mass is 9.95. The molecule has 0 spiro atoms. The van der Waals surface area contributed by atoms with Gasteiger partial charge in [0, 0.05) is 6.20 Å². The molecule has 5 heteroatoms. The number of benzene rings is 1. The maximum absolute atomic E-state index is 12.1. The molecule has 0 atom stereocenters. The van der Waals surface area contributed by atoms with Crippen LogP contribution in [0.3, 0.4) is 0 Å². The van der Waals surface area contributed by atoms with Crippen LogP contribution in [0.15, 0.2) is 41.3 Å². The van der Waals surface area contributed by atoms with E-state index in [0.717, 1.165) is 18.4 Å². The maximum atomic E-state index is 12.1. The number of nitrogens with one attached hydrogen (secondary N) is 1. The van der Waals surface area contributed by atoms with E-state index >= 15 is 0 Å². The molecule has 1 heterocycles. The molecule has 0 aliphatic heterocycles. The molecule has 2 aromatic rings. The smallest absolute Gasteiger partial charge is 0.345 e. The van der Waals surface area contributed by atoms with E-state index in [1.54, 1.807) is 6.92 Å². The van der Waals surface area contributed by atoms with E-state index in [2.05, 4.69) is 9.97 Å². The Morgan fingerprint density at radius 2 is 2.05 bits per heavy atom. The van der Waals surface area contributed by atoms with Gasteiger partial charge in [0.15, 0.2) is 0 Å². The van der Waals surface area contributed by atoms with E-state index in [1.165, 1.54) is 6.20 Å². The van der Waals surface area contributed by atoms with Crippen molar-refractivity contribution in [1.82, 2.24) is 9.97 Å². The lowest BCUT2D eigenvalue weighted by Gasteiger charge is -2.14. The summed E-state index contributed by atoms with van der Waals surface area (Å²) in [5.74, 6) is -0.0193. The number of hydrogen-bond acceptors (Lipinski definition) is 4. The molecular formula is C16H16N2O3. The summed E-state index contributed by atoms with van der Waals surface area (Å²) in [7, 11) is 0. The minimum Gasteiger partial charge on any atom is -0.462 e. The van der Waals surface area contributed by atoms with Gasteiger partial charge in [0.1, 0.15) is 11.4 Å². The Labute approximate surface area is 122 Å². The molecule has 0 bridgehead atoms. The summed E-state index contributed by atoms with van der Waals surface area (Å²) in [4.78, 5) is 30.7. The Morgan fingerprint density at radius 1 is 1.33 bits per heavy atom. The van der Waals surface area contributed by atoms with E-state index in [0.29, 0.717) is 5.82 Å². The highest BCUT2D eigenvalue weighted by Gasteiger charge is 2.48. The van der Waals surface area contributed by atoms with Crippen LogP contribution in [0.4, 0.5) is 0 Å². The van der Waals surface area contributed by atoms with Crippen molar-refractivity contribution < 1.29 is 9.53 Å². The van der Waals surface area contributed by atoms with E-state index in [9.17, 15) is 9.59 Å². The van der Waals surface area contributed by atoms with Crippen molar-refractivity contribution in [1.29, 1.82) is 0 Å². The molecular weight excluding hydrogens is 268 g/mol. The molecule has 108 valence electrons. The highest BCUT2D eigenvalue weighted by atomic mass is 16.5. The molecule has 1 N–H and O–H groups in total. The average Bonchev–Trinajstić information content (AvgIpc) is 3.30. The van der Waals surface area contributed by atoms with Crippen LogP contribution in [0.1, 0.15) is 41.5 Å². The summed E-state index contributed by atoms with van der Waals surface area (Å²) in [6.07, 6.45) is 3.20. The number of rotatable bonds is 4. The Kier molecular flexibility index (Phi) is 3.33. The van der Waals surface area contributed by atoms with Crippen LogP contribution in [-0.4, -0.2) is 22.5 Å². The molecule has 0 radical (unpaired) electrons. The van der Waals surface area contributed by atoms with E-state index in [1.807, 2.05) is 30.3 Å². The Morgan fingerprint density at radius 3 is 2.62 bits per heavy atom. The van der Waals surface area contributed by atoms with Gasteiger partial charge in [-0.3, -0.25) is 4.79 Å². The Hall–Kier alpha value is -2.43. The molecule has 21 heavy (non-hydrogen) atoms. The number of H-pyrrole nitrogens is 1. The first-order valence-corrected chi connectivity index (χ1v) is 7.00. The summed E-state index contributed by atoms with van der Waals surface area (Å²) in [5, 5.41) is 0. The number of carbonyl (C=O) groups excluding carboxylic acids is 1. The van der Waals surface area contributed by atoms with Gasteiger partial charge in [-0.1, -0.05) is 30.3 Å². The van der Waals surface area contributed by atoms with Crippen LogP contribution in [-0.2, 0) is 10.2 Å². The Bertz CT molecular complexity index is 718. The van der Waals surface area contributed by atoms with Gasteiger partial charge in [0.2, 0.25) is 0 Å². The molecule has 1 fully saturated rings. The average molecular weight is 284 g/mol. The fourth-order valence-electron chi connectivity index (χ4n) is 2.54. The van der Waals surface area contributed by atoms with Crippen LogP contribution in [0, 0.1) is 0 Å². The first kappa shape index (κ1) is 13.5. The van der Waals surface area contributed by atoms with E-state index < -0.39 is 11.5 Å². The quantitative estimate of drug-likeness (QED) is 0.872. The molecule has 1 aliphatic carbocycles. The molecule has 0 amide bonds. The zero-order chi connectivity index (χ0) is 14.9. The number of aromatic amines is 1. The number of nitrogens with zero attached hydrogens (tertiary/aromatic N) is 1. The SMILES string of the molecule is CCOC(=O)c1cnc(C2(c3ccccc3)CC2)[nH]c1=O. The second kappa shape index (κ2) is 5.16. The van der Waals surface area contributed by atoms with Gasteiger partial charge in [-0.15, -0.1) is 0 Å². The van der Waals surface area contributed by atoms with Gasteiger partial charge in [-0.2, -0.15) is 0 Å². The van der Waals surface area contributed by atoms with Gasteiger partial charge in [-0.25, -0.2) is 9.78 Å². The highest BCUT2D eigenvalue weighted by Crippen LogP contribution is 2.51. The van der Waals surface area contributed by atoms with Gasteiger partial charge >= 0.3 is 5.97 Å². The molecule has 1 aliphatic rings. The fourth-order valence-corrected chi connectivity index (χ4v) is 2.54. The van der Waals surface area contributed by atoms with Crippen LogP contribution in [0.25, 0.3) is 0 Å². The lowest BCUT2D eigenvalue weighted by Crippen LogP contribution is -2.25. The first-order valence-electron chi connectivity index (χ1n) is 7.00. The summed E-state index contributed by atoms with van der Waals surface area (Å²) < 4.78 is 4.84. The molecule has 0 unspecified atom stereocenters. The number of hydrogen-bond donors (Lipinski definition) is 1. The number of esters is 1. The molecule has 0 saturated heterocycles. The molecule has 1 aromatic carbocycles. The summed E-state index contributed by atoms with van der Waals surface area (Å²) >= 11 is 0. The predicted octanol–water partition coefficient (Wildman–Crippen LogP) is 2.03. The topological polar surface area (TPSA) is 72.0 Å². The van der Waals surface area contributed by atoms with Crippen molar-refractivity contribution in [3.05, 3.63) is 63.8 Å². The van der Waals surface area contributed by atoms with Gasteiger partial charge in [0.05, 0.1) is 12.0 Å². The fraction of sp³-hybridized carbons (Fsp3) is 0.312. The number of ether oxygens (including phenoxy) is 1. The van der Waals surface area contributed by atoms with Crippen LogP contribution in [0.5, 0.6) is 0 Å². The van der Waals surface area contributed by atoms with Crippen LogP contribution < -0.4 is 5.56 Å².